The van der Waals surface area contributed by atoms with E-state index in [1.807, 2.05) is 30.3 Å². The molecule has 0 aliphatic carbocycles. The minimum atomic E-state index is -1.78. The van der Waals surface area contributed by atoms with Gasteiger partial charge >= 0.3 is 5.97 Å². The Balaban J connectivity index is 2.34. The second kappa shape index (κ2) is 8.64. The summed E-state index contributed by atoms with van der Waals surface area (Å²) in [7, 11) is 1.17. The number of pyridine rings is 1. The molecule has 2 aromatic rings. The molecule has 8 heteroatoms. The third kappa shape index (κ3) is 4.30. The van der Waals surface area contributed by atoms with Gasteiger partial charge in [-0.15, -0.1) is 0 Å². The summed E-state index contributed by atoms with van der Waals surface area (Å²) in [5.41, 5.74) is -0.107. The van der Waals surface area contributed by atoms with Crippen LogP contribution in [0.2, 0.25) is 0 Å². The molecule has 1 aromatic heterocycles. The maximum atomic E-state index is 14.0. The average molecular weight is 370 g/mol. The molecule has 0 amide bonds. The standard InChI is InChI=1S/C18H18F4N2O2/c1-3-26-18(25)12(10-9-11-7-5-4-6-8-11)24(2)15-13(19)16(21)23-17(22)14(15)20/h4-8,12H,3,9-10H2,1-2H3. The highest BCUT2D eigenvalue weighted by Gasteiger charge is 2.31. The zero-order valence-electron chi connectivity index (χ0n) is 14.3. The number of rotatable bonds is 7. The zero-order valence-corrected chi connectivity index (χ0v) is 14.3. The van der Waals surface area contributed by atoms with Gasteiger partial charge < -0.3 is 9.64 Å². The Morgan fingerprint density at radius 3 is 2.23 bits per heavy atom. The molecule has 0 aliphatic rings. The van der Waals surface area contributed by atoms with E-state index < -0.39 is 41.2 Å². The first-order valence-corrected chi connectivity index (χ1v) is 8.00. The van der Waals surface area contributed by atoms with Crippen molar-refractivity contribution in [3.63, 3.8) is 0 Å². The van der Waals surface area contributed by atoms with E-state index in [2.05, 4.69) is 4.98 Å². The largest absolute Gasteiger partial charge is 0.464 e. The van der Waals surface area contributed by atoms with Gasteiger partial charge in [-0.1, -0.05) is 30.3 Å². The van der Waals surface area contributed by atoms with Crippen LogP contribution in [0, 0.1) is 23.5 Å². The van der Waals surface area contributed by atoms with Crippen LogP contribution in [-0.4, -0.2) is 30.6 Å². The van der Waals surface area contributed by atoms with Gasteiger partial charge in [0.2, 0.25) is 11.6 Å². The molecule has 1 atom stereocenters. The van der Waals surface area contributed by atoms with Crippen molar-refractivity contribution in [2.24, 2.45) is 0 Å². The zero-order chi connectivity index (χ0) is 19.3. The molecule has 1 unspecified atom stereocenters. The molecule has 4 nitrogen and oxygen atoms in total. The number of hydrogen-bond acceptors (Lipinski definition) is 4. The van der Waals surface area contributed by atoms with E-state index in [0.717, 1.165) is 10.5 Å². The van der Waals surface area contributed by atoms with Gasteiger partial charge in [-0.05, 0) is 25.3 Å². The van der Waals surface area contributed by atoms with Gasteiger partial charge in [-0.25, -0.2) is 4.79 Å². The van der Waals surface area contributed by atoms with E-state index in [1.54, 1.807) is 6.92 Å². The minimum absolute atomic E-state index is 0.0541. The van der Waals surface area contributed by atoms with Gasteiger partial charge in [0.05, 0.1) is 6.61 Å². The van der Waals surface area contributed by atoms with Crippen LogP contribution in [0.5, 0.6) is 0 Å². The molecule has 0 bridgehead atoms. The Hall–Kier alpha value is -2.64. The van der Waals surface area contributed by atoms with Crippen LogP contribution in [0.4, 0.5) is 23.2 Å². The van der Waals surface area contributed by atoms with Crippen molar-refractivity contribution in [1.29, 1.82) is 0 Å². The van der Waals surface area contributed by atoms with Crippen LogP contribution in [-0.2, 0) is 16.0 Å². The van der Waals surface area contributed by atoms with Crippen LogP contribution in [0.15, 0.2) is 30.3 Å². The van der Waals surface area contributed by atoms with Crippen LogP contribution in [0.25, 0.3) is 0 Å². The monoisotopic (exact) mass is 370 g/mol. The first-order valence-electron chi connectivity index (χ1n) is 8.00. The fourth-order valence-corrected chi connectivity index (χ4v) is 2.60. The summed E-state index contributed by atoms with van der Waals surface area (Å²) < 4.78 is 59.8. The summed E-state index contributed by atoms with van der Waals surface area (Å²) in [5.74, 6) is -7.64. The van der Waals surface area contributed by atoms with Gasteiger partial charge in [0.15, 0.2) is 0 Å². The van der Waals surface area contributed by atoms with Crippen molar-refractivity contribution in [3.05, 3.63) is 59.4 Å². The lowest BCUT2D eigenvalue weighted by atomic mass is 10.0. The smallest absolute Gasteiger partial charge is 0.328 e. The fourth-order valence-electron chi connectivity index (χ4n) is 2.60. The molecule has 0 N–H and O–H groups in total. The molecule has 0 saturated carbocycles. The number of ether oxygens (including phenoxy) is 1. The molecule has 0 aliphatic heterocycles. The highest BCUT2D eigenvalue weighted by Crippen LogP contribution is 2.28. The number of likely N-dealkylation sites (N-methyl/N-ethyl adjacent to an activating group) is 1. The van der Waals surface area contributed by atoms with Gasteiger partial charge in [0, 0.05) is 7.05 Å². The molecule has 1 heterocycles. The number of esters is 1. The topological polar surface area (TPSA) is 42.4 Å². The Morgan fingerprint density at radius 2 is 1.69 bits per heavy atom. The fraction of sp³-hybridized carbons (Fsp3) is 0.333. The lowest BCUT2D eigenvalue weighted by Gasteiger charge is -2.29. The molecular weight excluding hydrogens is 352 g/mol. The normalized spacial score (nSPS) is 11.9. The molecular formula is C18H18F4N2O2. The van der Waals surface area contributed by atoms with Crippen molar-refractivity contribution in [1.82, 2.24) is 4.98 Å². The summed E-state index contributed by atoms with van der Waals surface area (Å²) in [4.78, 5) is 15.6. The summed E-state index contributed by atoms with van der Waals surface area (Å²) >= 11 is 0. The van der Waals surface area contributed by atoms with Gasteiger partial charge in [0.25, 0.3) is 11.9 Å². The molecule has 0 spiro atoms. The molecule has 2 rings (SSSR count). The van der Waals surface area contributed by atoms with Crippen LogP contribution >= 0.6 is 0 Å². The van der Waals surface area contributed by atoms with Crippen molar-refractivity contribution in [2.75, 3.05) is 18.6 Å². The second-order valence-electron chi connectivity index (χ2n) is 5.57. The Bertz CT molecular complexity index is 745. The van der Waals surface area contributed by atoms with Crippen molar-refractivity contribution in [2.45, 2.75) is 25.8 Å². The quantitative estimate of drug-likeness (QED) is 0.424. The molecule has 1 aromatic carbocycles. The van der Waals surface area contributed by atoms with Crippen molar-refractivity contribution >= 4 is 11.7 Å². The number of halogens is 4. The van der Waals surface area contributed by atoms with E-state index in [-0.39, 0.29) is 13.0 Å². The first-order chi connectivity index (χ1) is 12.4. The van der Waals surface area contributed by atoms with Crippen molar-refractivity contribution in [3.8, 4) is 0 Å². The van der Waals surface area contributed by atoms with Crippen LogP contribution < -0.4 is 4.90 Å². The van der Waals surface area contributed by atoms with Crippen molar-refractivity contribution < 1.29 is 27.1 Å². The van der Waals surface area contributed by atoms with Crippen LogP contribution in [0.1, 0.15) is 18.9 Å². The Labute approximate surface area is 148 Å². The van der Waals surface area contributed by atoms with E-state index >= 15 is 0 Å². The summed E-state index contributed by atoms with van der Waals surface area (Å²) in [6.45, 7) is 1.64. The molecule has 140 valence electrons. The van der Waals surface area contributed by atoms with Gasteiger partial charge in [0.1, 0.15) is 11.7 Å². The summed E-state index contributed by atoms with van der Waals surface area (Å²) in [6.07, 6.45) is 0.526. The first kappa shape index (κ1) is 19.7. The molecule has 0 fully saturated rings. The maximum absolute atomic E-state index is 14.0. The lowest BCUT2D eigenvalue weighted by molar-refractivity contribution is -0.144. The highest BCUT2D eigenvalue weighted by molar-refractivity contribution is 5.80. The third-order valence-electron chi connectivity index (χ3n) is 3.90. The van der Waals surface area contributed by atoms with E-state index in [1.165, 1.54) is 7.05 Å². The number of benzene rings is 1. The Morgan fingerprint density at radius 1 is 1.12 bits per heavy atom. The number of aryl methyl sites for hydroxylation is 1. The van der Waals surface area contributed by atoms with Gasteiger partial charge in [-0.2, -0.15) is 22.5 Å². The third-order valence-corrected chi connectivity index (χ3v) is 3.90. The average Bonchev–Trinajstić information content (AvgIpc) is 2.61. The predicted molar refractivity (Wildman–Crippen MR) is 87.7 cm³/mol. The summed E-state index contributed by atoms with van der Waals surface area (Å²) in [6, 6.07) is 7.97. The maximum Gasteiger partial charge on any atom is 0.328 e. The molecule has 26 heavy (non-hydrogen) atoms. The van der Waals surface area contributed by atoms with E-state index in [0.29, 0.717) is 6.42 Å². The van der Waals surface area contributed by atoms with Crippen LogP contribution in [0.3, 0.4) is 0 Å². The van der Waals surface area contributed by atoms with E-state index in [4.69, 9.17) is 4.74 Å². The Kier molecular flexibility index (Phi) is 6.54. The minimum Gasteiger partial charge on any atom is -0.464 e. The van der Waals surface area contributed by atoms with Gasteiger partial charge in [-0.3, -0.25) is 0 Å². The lowest BCUT2D eigenvalue weighted by Crippen LogP contribution is -2.41. The number of hydrogen-bond donors (Lipinski definition) is 0. The number of aromatic nitrogens is 1. The number of anilines is 1. The van der Waals surface area contributed by atoms with E-state index in [9.17, 15) is 22.4 Å². The summed E-state index contributed by atoms with van der Waals surface area (Å²) in [5, 5.41) is 0. The number of nitrogens with zero attached hydrogens (tertiary/aromatic N) is 2. The number of carbonyl (C=O) groups is 1. The molecule has 0 saturated heterocycles. The second-order valence-corrected chi connectivity index (χ2v) is 5.57. The molecule has 0 radical (unpaired) electrons. The SMILES string of the molecule is CCOC(=O)C(CCc1ccccc1)N(C)c1c(F)c(F)nc(F)c1F. The number of carbonyl (C=O) groups excluding carboxylic acids is 1. The predicted octanol–water partition coefficient (Wildman–Crippen LogP) is 3.64. The highest BCUT2D eigenvalue weighted by atomic mass is 19.2.